The fraction of sp³-hybridized carbons (Fsp3) is 0.273. The van der Waals surface area contributed by atoms with E-state index in [2.05, 4.69) is 21.5 Å². The van der Waals surface area contributed by atoms with Crippen molar-refractivity contribution in [1.82, 2.24) is 20.1 Å². The fourth-order valence-electron chi connectivity index (χ4n) is 1.58. The van der Waals surface area contributed by atoms with Gasteiger partial charge in [0.1, 0.15) is 0 Å². The molecular weight excluding hydrogens is 188 g/mol. The summed E-state index contributed by atoms with van der Waals surface area (Å²) < 4.78 is 1.88. The van der Waals surface area contributed by atoms with Crippen molar-refractivity contribution in [3.8, 4) is 11.3 Å². The standard InChI is InChI=1S/C11H14N4/c1-12-8-10-6-11(15(2)14-10)9-4-3-5-13-7-9/h3-7,12H,8H2,1-2H3. The Hall–Kier alpha value is -1.68. The fourth-order valence-corrected chi connectivity index (χ4v) is 1.58. The predicted molar refractivity (Wildman–Crippen MR) is 59.2 cm³/mol. The lowest BCUT2D eigenvalue weighted by Crippen LogP contribution is -2.05. The maximum Gasteiger partial charge on any atom is 0.0768 e. The molecule has 0 fully saturated rings. The zero-order valence-electron chi connectivity index (χ0n) is 8.94. The number of aryl methyl sites for hydroxylation is 1. The summed E-state index contributed by atoms with van der Waals surface area (Å²) in [7, 11) is 3.86. The van der Waals surface area contributed by atoms with Crippen LogP contribution in [0.2, 0.25) is 0 Å². The van der Waals surface area contributed by atoms with Crippen molar-refractivity contribution in [3.63, 3.8) is 0 Å². The third kappa shape index (κ3) is 2.05. The number of hydrogen-bond donors (Lipinski definition) is 1. The van der Waals surface area contributed by atoms with Crippen LogP contribution in [-0.2, 0) is 13.6 Å². The first-order valence-electron chi connectivity index (χ1n) is 4.89. The van der Waals surface area contributed by atoms with E-state index < -0.39 is 0 Å². The second-order valence-electron chi connectivity index (χ2n) is 3.42. The van der Waals surface area contributed by atoms with Gasteiger partial charge in [0.15, 0.2) is 0 Å². The molecule has 1 N–H and O–H groups in total. The highest BCUT2D eigenvalue weighted by Gasteiger charge is 2.06. The van der Waals surface area contributed by atoms with Gasteiger partial charge in [0, 0.05) is 31.5 Å². The van der Waals surface area contributed by atoms with Crippen LogP contribution in [0.15, 0.2) is 30.6 Å². The van der Waals surface area contributed by atoms with E-state index in [1.165, 1.54) is 0 Å². The molecule has 0 saturated carbocycles. The molecule has 0 aliphatic rings. The van der Waals surface area contributed by atoms with Gasteiger partial charge in [-0.25, -0.2) is 0 Å². The summed E-state index contributed by atoms with van der Waals surface area (Å²) >= 11 is 0. The highest BCUT2D eigenvalue weighted by atomic mass is 15.3. The molecule has 2 heterocycles. The number of aromatic nitrogens is 3. The Balaban J connectivity index is 2.36. The van der Waals surface area contributed by atoms with E-state index in [9.17, 15) is 0 Å². The van der Waals surface area contributed by atoms with Crippen LogP contribution in [0.4, 0.5) is 0 Å². The SMILES string of the molecule is CNCc1cc(-c2cccnc2)n(C)n1. The largest absolute Gasteiger partial charge is 0.314 e. The first-order valence-corrected chi connectivity index (χ1v) is 4.89. The summed E-state index contributed by atoms with van der Waals surface area (Å²) in [5, 5.41) is 7.49. The molecule has 4 nitrogen and oxygen atoms in total. The molecule has 0 amide bonds. The lowest BCUT2D eigenvalue weighted by molar-refractivity contribution is 0.716. The summed E-state index contributed by atoms with van der Waals surface area (Å²) in [4.78, 5) is 4.10. The normalized spacial score (nSPS) is 10.5. The van der Waals surface area contributed by atoms with Gasteiger partial charge >= 0.3 is 0 Å². The molecule has 15 heavy (non-hydrogen) atoms. The molecule has 0 spiro atoms. The minimum Gasteiger partial charge on any atom is -0.314 e. The zero-order valence-corrected chi connectivity index (χ0v) is 8.94. The number of nitrogens with zero attached hydrogens (tertiary/aromatic N) is 3. The van der Waals surface area contributed by atoms with E-state index in [1.807, 2.05) is 37.1 Å². The van der Waals surface area contributed by atoms with Crippen LogP contribution in [-0.4, -0.2) is 21.8 Å². The second kappa shape index (κ2) is 4.23. The summed E-state index contributed by atoms with van der Waals surface area (Å²) in [5.74, 6) is 0. The molecule has 4 heteroatoms. The second-order valence-corrected chi connectivity index (χ2v) is 3.42. The van der Waals surface area contributed by atoms with E-state index in [0.29, 0.717) is 0 Å². The average molecular weight is 202 g/mol. The summed E-state index contributed by atoms with van der Waals surface area (Å²) in [6.07, 6.45) is 3.62. The van der Waals surface area contributed by atoms with E-state index >= 15 is 0 Å². The molecule has 0 radical (unpaired) electrons. The van der Waals surface area contributed by atoms with E-state index in [-0.39, 0.29) is 0 Å². The topological polar surface area (TPSA) is 42.7 Å². The Kier molecular flexibility index (Phi) is 2.78. The van der Waals surface area contributed by atoms with E-state index in [1.54, 1.807) is 6.20 Å². The Labute approximate surface area is 89.0 Å². The maximum atomic E-state index is 4.40. The minimum absolute atomic E-state index is 0.786. The third-order valence-corrected chi connectivity index (χ3v) is 2.25. The van der Waals surface area contributed by atoms with Crippen molar-refractivity contribution in [3.05, 3.63) is 36.3 Å². The van der Waals surface area contributed by atoms with Gasteiger partial charge in [-0.3, -0.25) is 9.67 Å². The highest BCUT2D eigenvalue weighted by Crippen LogP contribution is 2.18. The van der Waals surface area contributed by atoms with Crippen LogP contribution < -0.4 is 5.32 Å². The van der Waals surface area contributed by atoms with Crippen LogP contribution in [0.25, 0.3) is 11.3 Å². The van der Waals surface area contributed by atoms with E-state index in [4.69, 9.17) is 0 Å². The van der Waals surface area contributed by atoms with Crippen LogP contribution in [0.1, 0.15) is 5.69 Å². The molecule has 0 saturated heterocycles. The predicted octanol–water partition coefficient (Wildman–Crippen LogP) is 1.20. The van der Waals surface area contributed by atoms with E-state index in [0.717, 1.165) is 23.5 Å². The Morgan fingerprint density at radius 1 is 1.47 bits per heavy atom. The molecular formula is C11H14N4. The van der Waals surface area contributed by atoms with Crippen molar-refractivity contribution >= 4 is 0 Å². The Bertz CT molecular complexity index is 433. The summed E-state index contributed by atoms with van der Waals surface area (Å²) in [6, 6.07) is 6.04. The molecule has 0 unspecified atom stereocenters. The molecule has 2 aromatic rings. The quantitative estimate of drug-likeness (QED) is 0.813. The molecule has 78 valence electrons. The van der Waals surface area contributed by atoms with Crippen LogP contribution in [0, 0.1) is 0 Å². The van der Waals surface area contributed by atoms with Crippen LogP contribution >= 0.6 is 0 Å². The van der Waals surface area contributed by atoms with Crippen molar-refractivity contribution in [2.75, 3.05) is 7.05 Å². The van der Waals surface area contributed by atoms with Gasteiger partial charge in [-0.1, -0.05) is 0 Å². The summed E-state index contributed by atoms with van der Waals surface area (Å²) in [5.41, 5.74) is 3.22. The lowest BCUT2D eigenvalue weighted by Gasteiger charge is -1.99. The van der Waals surface area contributed by atoms with Crippen LogP contribution in [0.5, 0.6) is 0 Å². The van der Waals surface area contributed by atoms with Gasteiger partial charge in [-0.2, -0.15) is 5.10 Å². The minimum atomic E-state index is 0.786. The Morgan fingerprint density at radius 3 is 3.00 bits per heavy atom. The first kappa shape index (κ1) is 9.86. The molecule has 0 aliphatic heterocycles. The molecule has 0 aliphatic carbocycles. The van der Waals surface area contributed by atoms with Gasteiger partial charge in [0.25, 0.3) is 0 Å². The van der Waals surface area contributed by atoms with Crippen molar-refractivity contribution < 1.29 is 0 Å². The van der Waals surface area contributed by atoms with Gasteiger partial charge in [0.2, 0.25) is 0 Å². The Morgan fingerprint density at radius 2 is 2.33 bits per heavy atom. The lowest BCUT2D eigenvalue weighted by atomic mass is 10.2. The van der Waals surface area contributed by atoms with Gasteiger partial charge in [0.05, 0.1) is 11.4 Å². The maximum absolute atomic E-state index is 4.40. The van der Waals surface area contributed by atoms with Crippen LogP contribution in [0.3, 0.4) is 0 Å². The molecule has 0 bridgehead atoms. The monoisotopic (exact) mass is 202 g/mol. The number of nitrogens with one attached hydrogen (secondary N) is 1. The zero-order chi connectivity index (χ0) is 10.7. The van der Waals surface area contributed by atoms with Gasteiger partial charge in [-0.05, 0) is 25.2 Å². The van der Waals surface area contributed by atoms with Gasteiger partial charge < -0.3 is 5.32 Å². The van der Waals surface area contributed by atoms with Crippen molar-refractivity contribution in [2.45, 2.75) is 6.54 Å². The number of hydrogen-bond acceptors (Lipinski definition) is 3. The molecule has 0 atom stereocenters. The first-order chi connectivity index (χ1) is 7.31. The molecule has 2 rings (SSSR count). The highest BCUT2D eigenvalue weighted by molar-refractivity contribution is 5.58. The van der Waals surface area contributed by atoms with Crippen molar-refractivity contribution in [2.24, 2.45) is 7.05 Å². The number of pyridine rings is 1. The van der Waals surface area contributed by atoms with Gasteiger partial charge in [-0.15, -0.1) is 0 Å². The molecule has 0 aromatic carbocycles. The molecule has 2 aromatic heterocycles. The van der Waals surface area contributed by atoms with Crippen molar-refractivity contribution in [1.29, 1.82) is 0 Å². The number of rotatable bonds is 3. The third-order valence-electron chi connectivity index (χ3n) is 2.25. The average Bonchev–Trinajstić information content (AvgIpc) is 2.61. The smallest absolute Gasteiger partial charge is 0.0768 e. The summed E-state index contributed by atoms with van der Waals surface area (Å²) in [6.45, 7) is 0.786.